The summed E-state index contributed by atoms with van der Waals surface area (Å²) in [5, 5.41) is 4.88. The van der Waals surface area contributed by atoms with Gasteiger partial charge in [0.1, 0.15) is 0 Å². The van der Waals surface area contributed by atoms with Gasteiger partial charge >= 0.3 is 0 Å². The van der Waals surface area contributed by atoms with Crippen LogP contribution >= 0.6 is 34.8 Å². The van der Waals surface area contributed by atoms with E-state index in [1.807, 2.05) is 0 Å². The zero-order valence-electron chi connectivity index (χ0n) is 9.21. The Morgan fingerprint density at radius 2 is 2.00 bits per heavy atom. The van der Waals surface area contributed by atoms with E-state index in [0.717, 1.165) is 51.3 Å². The van der Waals surface area contributed by atoms with Crippen LogP contribution in [0.5, 0.6) is 0 Å². The molecule has 0 aliphatic heterocycles. The number of halogens is 1. The maximum absolute atomic E-state index is 5.50. The van der Waals surface area contributed by atoms with E-state index < -0.39 is 0 Å². The fraction of sp³-hybridized carbons (Fsp3) is 0.833. The molecule has 6 rings (SSSR count). The Morgan fingerprint density at radius 1 is 1.24 bits per heavy atom. The van der Waals surface area contributed by atoms with Crippen LogP contribution in [0.1, 0.15) is 6.42 Å². The highest BCUT2D eigenvalue weighted by molar-refractivity contribution is 14.1. The lowest BCUT2D eigenvalue weighted by Gasteiger charge is -2.32. The fourth-order valence-electron chi connectivity index (χ4n) is 6.49. The molecule has 6 bridgehead atoms. The molecule has 0 aromatic rings. The van der Waals surface area contributed by atoms with Crippen LogP contribution in [0, 0.1) is 47.3 Å². The topological polar surface area (TPSA) is 50.4 Å². The molecule has 3 N–H and O–H groups in total. The Morgan fingerprint density at radius 3 is 2.71 bits per heavy atom. The minimum absolute atomic E-state index is 0.307. The molecule has 6 saturated carbocycles. The summed E-state index contributed by atoms with van der Waals surface area (Å²) in [5.41, 5.74) is 9.78. The lowest BCUT2D eigenvalue weighted by Crippen LogP contribution is -2.30. The quantitative estimate of drug-likeness (QED) is 0.322. The number of hydrazone groups is 1. The molecule has 0 saturated heterocycles. The molecule has 0 aromatic heterocycles. The van der Waals surface area contributed by atoms with Crippen molar-refractivity contribution in [1.29, 1.82) is 0 Å². The van der Waals surface area contributed by atoms with Gasteiger partial charge in [0.2, 0.25) is 0 Å². The molecule has 9 atom stereocenters. The van der Waals surface area contributed by atoms with Crippen LogP contribution in [0.25, 0.3) is 0 Å². The number of alkyl halides is 1. The van der Waals surface area contributed by atoms with Gasteiger partial charge < -0.3 is 5.73 Å². The normalized spacial score (nSPS) is 65.7. The molecule has 3 nitrogen and oxygen atoms in total. The van der Waals surface area contributed by atoms with Crippen molar-refractivity contribution in [2.24, 2.45) is 58.2 Å². The fourth-order valence-corrected chi connectivity index (χ4v) is 8.48. The van der Waals surface area contributed by atoms with Gasteiger partial charge in [0.05, 0.1) is 0 Å². The molecule has 0 amide bonds. The second-order valence-corrected chi connectivity index (χ2v) is 8.26. The van der Waals surface area contributed by atoms with Gasteiger partial charge in [-0.15, -0.1) is 0 Å². The summed E-state index contributed by atoms with van der Waals surface area (Å²) in [6.07, 6.45) is 1.49. The minimum atomic E-state index is 0.307. The Hall–Kier alpha value is 0.0900. The van der Waals surface area contributed by atoms with E-state index in [0.29, 0.717) is 5.11 Å². The number of rotatable bonds is 1. The third kappa shape index (κ3) is 0.856. The zero-order chi connectivity index (χ0) is 11.5. The third-order valence-corrected chi connectivity index (χ3v) is 8.09. The molecule has 0 unspecified atom stereocenters. The summed E-state index contributed by atoms with van der Waals surface area (Å²) in [5.74, 6) is 7.46. The van der Waals surface area contributed by atoms with E-state index in [-0.39, 0.29) is 0 Å². The Kier molecular flexibility index (Phi) is 1.65. The summed E-state index contributed by atoms with van der Waals surface area (Å²) >= 11 is 7.59. The van der Waals surface area contributed by atoms with Crippen LogP contribution in [0.3, 0.4) is 0 Å². The molecule has 90 valence electrons. The van der Waals surface area contributed by atoms with E-state index in [1.54, 1.807) is 0 Å². The van der Waals surface area contributed by atoms with Crippen molar-refractivity contribution in [3.63, 3.8) is 0 Å². The number of hydrogen-bond donors (Lipinski definition) is 2. The van der Waals surface area contributed by atoms with Gasteiger partial charge in [-0.2, -0.15) is 5.10 Å². The van der Waals surface area contributed by atoms with Crippen LogP contribution in [0.2, 0.25) is 0 Å². The molecular weight excluding hydrogens is 345 g/mol. The van der Waals surface area contributed by atoms with Crippen LogP contribution < -0.4 is 11.2 Å². The van der Waals surface area contributed by atoms with E-state index in [4.69, 9.17) is 18.0 Å². The molecule has 0 aromatic carbocycles. The van der Waals surface area contributed by atoms with E-state index >= 15 is 0 Å². The highest BCUT2D eigenvalue weighted by atomic mass is 127. The van der Waals surface area contributed by atoms with Crippen LogP contribution in [-0.4, -0.2) is 14.7 Å². The van der Waals surface area contributed by atoms with E-state index in [2.05, 4.69) is 33.1 Å². The van der Waals surface area contributed by atoms with Gasteiger partial charge in [-0.05, 0) is 54.1 Å². The second-order valence-electron chi connectivity index (χ2n) is 6.38. The highest BCUT2D eigenvalue weighted by Crippen LogP contribution is 2.82. The first-order valence-corrected chi connectivity index (χ1v) is 8.12. The smallest absolute Gasteiger partial charge is 0.184 e. The summed E-state index contributed by atoms with van der Waals surface area (Å²) in [7, 11) is 0. The molecule has 6 aliphatic rings. The molecule has 0 radical (unpaired) electrons. The number of hydrogen-bond acceptors (Lipinski definition) is 2. The second kappa shape index (κ2) is 2.81. The van der Waals surface area contributed by atoms with Gasteiger partial charge in [0.15, 0.2) is 5.11 Å². The van der Waals surface area contributed by atoms with Gasteiger partial charge in [-0.1, -0.05) is 22.6 Å². The predicted molar refractivity (Wildman–Crippen MR) is 77.7 cm³/mol. The monoisotopic (exact) mass is 359 g/mol. The summed E-state index contributed by atoms with van der Waals surface area (Å²) < 4.78 is 0.921. The van der Waals surface area contributed by atoms with Gasteiger partial charge in [0, 0.05) is 21.5 Å². The van der Waals surface area contributed by atoms with Gasteiger partial charge in [-0.3, -0.25) is 5.43 Å². The van der Waals surface area contributed by atoms with Crippen molar-refractivity contribution >= 4 is 45.6 Å². The summed E-state index contributed by atoms with van der Waals surface area (Å²) in [6.45, 7) is 0. The molecule has 6 aliphatic carbocycles. The first-order chi connectivity index (χ1) is 8.20. The minimum Gasteiger partial charge on any atom is -0.375 e. The number of nitrogens with one attached hydrogen (secondary N) is 1. The number of nitrogens with two attached hydrogens (primary N) is 1. The molecular formula is C12H14IN3S. The number of thiocarbonyl (C=S) groups is 1. The third-order valence-electron chi connectivity index (χ3n) is 6.34. The lowest BCUT2D eigenvalue weighted by molar-refractivity contribution is 0.132. The van der Waals surface area contributed by atoms with Crippen molar-refractivity contribution in [1.82, 2.24) is 5.43 Å². The standard InChI is InChI=1S/C12H14IN3S/c13-10-6-2-1-3-4(6)9-8(10)5(2)7(3)11(9)15-16-12(14)17/h2-10H,1H2,(H3,14,16,17)/t2-,3+,4-,5-,6-,7-,8-,9+,10+/m0/s1. The highest BCUT2D eigenvalue weighted by Gasteiger charge is 2.82. The van der Waals surface area contributed by atoms with Crippen molar-refractivity contribution in [3.8, 4) is 0 Å². The Labute approximate surface area is 119 Å². The molecule has 5 heteroatoms. The molecule has 6 fully saturated rings. The van der Waals surface area contributed by atoms with E-state index in [1.165, 1.54) is 12.1 Å². The summed E-state index contributed by atoms with van der Waals surface area (Å²) in [4.78, 5) is 0. The average Bonchev–Trinajstić information content (AvgIpc) is 2.97. The lowest BCUT2D eigenvalue weighted by atomic mass is 9.71. The van der Waals surface area contributed by atoms with Crippen molar-refractivity contribution < 1.29 is 0 Å². The van der Waals surface area contributed by atoms with Crippen LogP contribution in [0.15, 0.2) is 5.10 Å². The van der Waals surface area contributed by atoms with Gasteiger partial charge in [0.25, 0.3) is 0 Å². The summed E-state index contributed by atoms with van der Waals surface area (Å²) in [6, 6.07) is 0. The van der Waals surface area contributed by atoms with Crippen molar-refractivity contribution in [2.45, 2.75) is 10.3 Å². The maximum Gasteiger partial charge on any atom is 0.184 e. The molecule has 17 heavy (non-hydrogen) atoms. The first-order valence-electron chi connectivity index (χ1n) is 6.47. The SMILES string of the molecule is NC(=S)NN=C1[C@H]2[C@H]3[C@H](I)[C@H]4[C@H]5C[C@@H]([C@H]1[C@H]53)[C@H]24. The zero-order valence-corrected chi connectivity index (χ0v) is 12.2. The van der Waals surface area contributed by atoms with E-state index in [9.17, 15) is 0 Å². The first kappa shape index (κ1) is 9.95. The predicted octanol–water partition coefficient (Wildman–Crippen LogP) is 1.37. The van der Waals surface area contributed by atoms with Gasteiger partial charge in [-0.25, -0.2) is 0 Å². The average molecular weight is 359 g/mol. The van der Waals surface area contributed by atoms with Crippen LogP contribution in [-0.2, 0) is 0 Å². The molecule has 0 spiro atoms. The van der Waals surface area contributed by atoms with Crippen molar-refractivity contribution in [2.75, 3.05) is 0 Å². The maximum atomic E-state index is 5.50. The Bertz CT molecular complexity index is 476. The van der Waals surface area contributed by atoms with Crippen LogP contribution in [0.4, 0.5) is 0 Å². The Balaban J connectivity index is 1.62. The molecule has 0 heterocycles. The largest absolute Gasteiger partial charge is 0.375 e. The number of nitrogens with zero attached hydrogens (tertiary/aromatic N) is 1. The van der Waals surface area contributed by atoms with Crippen molar-refractivity contribution in [3.05, 3.63) is 0 Å².